The zero-order valence-electron chi connectivity index (χ0n) is 11.0. The molecule has 1 aromatic carbocycles. The van der Waals surface area contributed by atoms with E-state index in [0.29, 0.717) is 12.1 Å². The Kier molecular flexibility index (Phi) is 3.96. The van der Waals surface area contributed by atoms with Gasteiger partial charge in [-0.3, -0.25) is 0 Å². The van der Waals surface area contributed by atoms with E-state index in [-0.39, 0.29) is 0 Å². The van der Waals surface area contributed by atoms with Crippen LogP contribution in [0, 0.1) is 0 Å². The van der Waals surface area contributed by atoms with Crippen LogP contribution >= 0.6 is 0 Å². The highest BCUT2D eigenvalue weighted by molar-refractivity contribution is 5.22. The van der Waals surface area contributed by atoms with Crippen molar-refractivity contribution >= 4 is 0 Å². The number of rotatable bonds is 4. The molecule has 2 fully saturated rings. The van der Waals surface area contributed by atoms with Crippen LogP contribution in [0.4, 0.5) is 0 Å². The molecule has 0 amide bonds. The third-order valence-corrected chi connectivity index (χ3v) is 4.32. The van der Waals surface area contributed by atoms with Gasteiger partial charge in [0.25, 0.3) is 0 Å². The maximum atomic E-state index is 5.75. The van der Waals surface area contributed by atoms with Crippen molar-refractivity contribution in [2.75, 3.05) is 13.2 Å². The predicted molar refractivity (Wildman–Crippen MR) is 73.8 cm³/mol. The molecule has 0 aromatic heterocycles. The van der Waals surface area contributed by atoms with E-state index in [1.807, 2.05) is 0 Å². The molecule has 2 heteroatoms. The normalized spacial score (nSPS) is 31.9. The van der Waals surface area contributed by atoms with Crippen LogP contribution in [0.15, 0.2) is 30.3 Å². The first kappa shape index (κ1) is 12.2. The SMILES string of the molecule is c1ccc(C2CC(NCC3CCCCO3)C2)cc1. The van der Waals surface area contributed by atoms with Gasteiger partial charge in [-0.15, -0.1) is 0 Å². The van der Waals surface area contributed by atoms with Crippen LogP contribution < -0.4 is 5.32 Å². The molecule has 1 N–H and O–H groups in total. The summed E-state index contributed by atoms with van der Waals surface area (Å²) in [5, 5.41) is 3.66. The smallest absolute Gasteiger partial charge is 0.0699 e. The Balaban J connectivity index is 1.37. The molecule has 2 aliphatic rings. The molecule has 1 saturated carbocycles. The maximum absolute atomic E-state index is 5.75. The molecule has 1 saturated heterocycles. The van der Waals surface area contributed by atoms with Gasteiger partial charge in [0, 0.05) is 19.2 Å². The standard InChI is InChI=1S/C16H23NO/c1-2-6-13(7-3-1)14-10-15(11-14)17-12-16-8-4-5-9-18-16/h1-3,6-7,14-17H,4-5,8-12H2. The second-order valence-corrected chi connectivity index (χ2v) is 5.67. The third kappa shape index (κ3) is 2.93. The van der Waals surface area contributed by atoms with Crippen molar-refractivity contribution in [3.63, 3.8) is 0 Å². The summed E-state index contributed by atoms with van der Waals surface area (Å²) in [6.45, 7) is 2.01. The van der Waals surface area contributed by atoms with Gasteiger partial charge in [0.15, 0.2) is 0 Å². The van der Waals surface area contributed by atoms with E-state index in [0.717, 1.165) is 19.1 Å². The van der Waals surface area contributed by atoms with Crippen LogP contribution in [-0.2, 0) is 4.74 Å². The average molecular weight is 245 g/mol. The topological polar surface area (TPSA) is 21.3 Å². The average Bonchev–Trinajstić information content (AvgIpc) is 2.39. The van der Waals surface area contributed by atoms with Gasteiger partial charge in [-0.1, -0.05) is 30.3 Å². The van der Waals surface area contributed by atoms with Gasteiger partial charge < -0.3 is 10.1 Å². The molecule has 0 radical (unpaired) electrons. The van der Waals surface area contributed by atoms with Crippen LogP contribution in [0.2, 0.25) is 0 Å². The number of nitrogens with one attached hydrogen (secondary N) is 1. The number of hydrogen-bond acceptors (Lipinski definition) is 2. The third-order valence-electron chi connectivity index (χ3n) is 4.32. The molecular formula is C16H23NO. The van der Waals surface area contributed by atoms with E-state index in [2.05, 4.69) is 35.6 Å². The van der Waals surface area contributed by atoms with Crippen LogP contribution in [0.25, 0.3) is 0 Å². The lowest BCUT2D eigenvalue weighted by Crippen LogP contribution is -2.44. The Bertz CT molecular complexity index is 353. The lowest BCUT2D eigenvalue weighted by Gasteiger charge is -2.37. The van der Waals surface area contributed by atoms with Crippen LogP contribution in [0.1, 0.15) is 43.6 Å². The molecule has 1 aliphatic heterocycles. The molecule has 1 aliphatic carbocycles. The summed E-state index contributed by atoms with van der Waals surface area (Å²) in [7, 11) is 0. The molecule has 1 atom stereocenters. The summed E-state index contributed by atoms with van der Waals surface area (Å²) in [6, 6.07) is 11.6. The summed E-state index contributed by atoms with van der Waals surface area (Å²) >= 11 is 0. The Morgan fingerprint density at radius 3 is 2.67 bits per heavy atom. The Morgan fingerprint density at radius 1 is 1.11 bits per heavy atom. The predicted octanol–water partition coefficient (Wildman–Crippen LogP) is 3.09. The minimum Gasteiger partial charge on any atom is -0.377 e. The number of ether oxygens (including phenoxy) is 1. The minimum atomic E-state index is 0.467. The molecule has 3 rings (SSSR count). The molecule has 98 valence electrons. The molecule has 0 bridgehead atoms. The van der Waals surface area contributed by atoms with Crippen LogP contribution in [0.3, 0.4) is 0 Å². The van der Waals surface area contributed by atoms with E-state index in [9.17, 15) is 0 Å². The van der Waals surface area contributed by atoms with Crippen LogP contribution in [0.5, 0.6) is 0 Å². The van der Waals surface area contributed by atoms with Gasteiger partial charge in [0.05, 0.1) is 6.10 Å². The van der Waals surface area contributed by atoms with Crippen molar-refractivity contribution in [3.05, 3.63) is 35.9 Å². The van der Waals surface area contributed by atoms with Gasteiger partial charge in [0.2, 0.25) is 0 Å². The fraction of sp³-hybridized carbons (Fsp3) is 0.625. The van der Waals surface area contributed by atoms with Crippen molar-refractivity contribution in [3.8, 4) is 0 Å². The van der Waals surface area contributed by atoms with Crippen LogP contribution in [-0.4, -0.2) is 25.3 Å². The molecule has 1 heterocycles. The summed E-state index contributed by atoms with van der Waals surface area (Å²) in [5.74, 6) is 0.774. The van der Waals surface area contributed by atoms with Gasteiger partial charge in [0.1, 0.15) is 0 Å². The minimum absolute atomic E-state index is 0.467. The molecule has 18 heavy (non-hydrogen) atoms. The second kappa shape index (κ2) is 5.85. The molecule has 2 nitrogen and oxygen atoms in total. The zero-order valence-corrected chi connectivity index (χ0v) is 11.0. The summed E-state index contributed by atoms with van der Waals surface area (Å²) < 4.78 is 5.75. The number of hydrogen-bond donors (Lipinski definition) is 1. The molecule has 0 spiro atoms. The van der Waals surface area contributed by atoms with E-state index < -0.39 is 0 Å². The van der Waals surface area contributed by atoms with Crippen molar-refractivity contribution in [2.24, 2.45) is 0 Å². The quantitative estimate of drug-likeness (QED) is 0.880. The summed E-state index contributed by atoms with van der Waals surface area (Å²) in [4.78, 5) is 0. The van der Waals surface area contributed by atoms with E-state index in [1.54, 1.807) is 0 Å². The summed E-state index contributed by atoms with van der Waals surface area (Å²) in [6.07, 6.45) is 6.86. The fourth-order valence-corrected chi connectivity index (χ4v) is 3.05. The Morgan fingerprint density at radius 2 is 1.94 bits per heavy atom. The zero-order chi connectivity index (χ0) is 12.2. The fourth-order valence-electron chi connectivity index (χ4n) is 3.05. The lowest BCUT2D eigenvalue weighted by molar-refractivity contribution is 0.0132. The highest BCUT2D eigenvalue weighted by Gasteiger charge is 2.30. The van der Waals surface area contributed by atoms with Crippen molar-refractivity contribution in [1.29, 1.82) is 0 Å². The number of benzene rings is 1. The van der Waals surface area contributed by atoms with Gasteiger partial charge in [-0.2, -0.15) is 0 Å². The Hall–Kier alpha value is -0.860. The van der Waals surface area contributed by atoms with Gasteiger partial charge in [-0.05, 0) is 43.6 Å². The highest BCUT2D eigenvalue weighted by atomic mass is 16.5. The lowest BCUT2D eigenvalue weighted by atomic mass is 9.76. The second-order valence-electron chi connectivity index (χ2n) is 5.67. The van der Waals surface area contributed by atoms with Gasteiger partial charge >= 0.3 is 0 Å². The summed E-state index contributed by atoms with van der Waals surface area (Å²) in [5.41, 5.74) is 1.50. The first-order valence-corrected chi connectivity index (χ1v) is 7.32. The highest BCUT2D eigenvalue weighted by Crippen LogP contribution is 2.36. The molecule has 1 aromatic rings. The van der Waals surface area contributed by atoms with Crippen molar-refractivity contribution < 1.29 is 4.74 Å². The first-order chi connectivity index (χ1) is 8.92. The molecular weight excluding hydrogens is 222 g/mol. The van der Waals surface area contributed by atoms with E-state index >= 15 is 0 Å². The van der Waals surface area contributed by atoms with Crippen molar-refractivity contribution in [1.82, 2.24) is 5.32 Å². The monoisotopic (exact) mass is 245 g/mol. The van der Waals surface area contributed by atoms with E-state index in [4.69, 9.17) is 4.74 Å². The Labute approximate surface area is 110 Å². The largest absolute Gasteiger partial charge is 0.377 e. The van der Waals surface area contributed by atoms with Gasteiger partial charge in [-0.25, -0.2) is 0 Å². The first-order valence-electron chi connectivity index (χ1n) is 7.32. The van der Waals surface area contributed by atoms with Crippen molar-refractivity contribution in [2.45, 2.75) is 50.2 Å². The maximum Gasteiger partial charge on any atom is 0.0699 e. The van der Waals surface area contributed by atoms with E-state index in [1.165, 1.54) is 37.7 Å². The molecule has 1 unspecified atom stereocenters.